The molecule has 1 fully saturated rings. The van der Waals surface area contributed by atoms with Gasteiger partial charge in [0.1, 0.15) is 6.04 Å². The Morgan fingerprint density at radius 2 is 1.72 bits per heavy atom. The normalized spacial score (nSPS) is 17.4. The van der Waals surface area contributed by atoms with E-state index in [-0.39, 0.29) is 34.0 Å². The Bertz CT molecular complexity index is 1180. The average Bonchev–Trinajstić information content (AvgIpc) is 2.87. The van der Waals surface area contributed by atoms with Crippen LogP contribution in [0.4, 0.5) is 5.69 Å². The van der Waals surface area contributed by atoms with Crippen molar-refractivity contribution in [2.24, 2.45) is 5.41 Å². The van der Waals surface area contributed by atoms with Crippen molar-refractivity contribution in [2.75, 3.05) is 11.9 Å². The summed E-state index contributed by atoms with van der Waals surface area (Å²) in [7, 11) is 0. The standard InChI is InChI=1S/C27H29Cl2N3O4/c1-3-36-26(35)21(32-23-16(2)24(33)27(23)11-5-4-6-12-27)13-17-7-9-18(10-8-17)31-25(34)22-19(28)14-30-15-20(22)29/h7-10,14-15,21,32H,3-6,11-13H2,1-2H3,(H,31,34)/t21-/m0/s1. The number of esters is 1. The van der Waals surface area contributed by atoms with E-state index in [1.54, 1.807) is 19.1 Å². The van der Waals surface area contributed by atoms with Crippen LogP contribution in [-0.4, -0.2) is 35.3 Å². The molecule has 0 saturated heterocycles. The van der Waals surface area contributed by atoms with Gasteiger partial charge in [-0.15, -0.1) is 0 Å². The van der Waals surface area contributed by atoms with Crippen molar-refractivity contribution in [1.82, 2.24) is 10.3 Å². The molecule has 2 N–H and O–H groups in total. The number of ether oxygens (including phenoxy) is 1. The van der Waals surface area contributed by atoms with Crippen molar-refractivity contribution >= 4 is 46.5 Å². The minimum atomic E-state index is -0.628. The zero-order valence-corrected chi connectivity index (χ0v) is 21.8. The van der Waals surface area contributed by atoms with Crippen molar-refractivity contribution in [1.29, 1.82) is 0 Å². The van der Waals surface area contributed by atoms with Gasteiger partial charge >= 0.3 is 5.97 Å². The molecule has 36 heavy (non-hydrogen) atoms. The van der Waals surface area contributed by atoms with E-state index in [9.17, 15) is 14.4 Å². The summed E-state index contributed by atoms with van der Waals surface area (Å²) in [6, 6.07) is 6.54. The number of hydrogen-bond acceptors (Lipinski definition) is 6. The lowest BCUT2D eigenvalue weighted by atomic mass is 9.59. The minimum Gasteiger partial charge on any atom is -0.464 e. The van der Waals surface area contributed by atoms with Crippen molar-refractivity contribution < 1.29 is 19.1 Å². The number of nitrogens with zero attached hydrogens (tertiary/aromatic N) is 1. The molecule has 1 heterocycles. The first-order chi connectivity index (χ1) is 17.3. The summed E-state index contributed by atoms with van der Waals surface area (Å²) in [5.74, 6) is -0.606. The van der Waals surface area contributed by atoms with Crippen LogP contribution in [0.1, 0.15) is 61.9 Å². The molecule has 1 atom stereocenters. The minimum absolute atomic E-state index is 0.152. The van der Waals surface area contributed by atoms with Gasteiger partial charge in [-0.3, -0.25) is 14.6 Å². The number of nitrogens with one attached hydrogen (secondary N) is 2. The molecule has 2 aliphatic carbocycles. The highest BCUT2D eigenvalue weighted by atomic mass is 35.5. The SMILES string of the molecule is CCOC(=O)[C@H](Cc1ccc(NC(=O)c2c(Cl)cncc2Cl)cc1)NC1=C(C)C(=O)C12CCCCC2. The number of ketones is 1. The predicted molar refractivity (Wildman–Crippen MR) is 139 cm³/mol. The monoisotopic (exact) mass is 529 g/mol. The van der Waals surface area contributed by atoms with Crippen LogP contribution in [0.15, 0.2) is 47.9 Å². The van der Waals surface area contributed by atoms with Gasteiger partial charge in [0.25, 0.3) is 5.91 Å². The van der Waals surface area contributed by atoms with E-state index in [0.717, 1.165) is 43.4 Å². The van der Waals surface area contributed by atoms with Gasteiger partial charge < -0.3 is 15.4 Å². The molecule has 1 saturated carbocycles. The molecule has 0 bridgehead atoms. The van der Waals surface area contributed by atoms with Crippen molar-refractivity contribution in [3.8, 4) is 0 Å². The molecule has 9 heteroatoms. The van der Waals surface area contributed by atoms with Gasteiger partial charge in [-0.05, 0) is 44.4 Å². The van der Waals surface area contributed by atoms with Crippen molar-refractivity contribution in [2.45, 2.75) is 58.4 Å². The number of anilines is 1. The molecule has 4 rings (SSSR count). The van der Waals surface area contributed by atoms with E-state index in [4.69, 9.17) is 27.9 Å². The largest absolute Gasteiger partial charge is 0.464 e. The molecule has 1 amide bonds. The van der Waals surface area contributed by atoms with Gasteiger partial charge in [-0.25, -0.2) is 4.79 Å². The molecule has 1 aromatic heterocycles. The Balaban J connectivity index is 1.48. The Morgan fingerprint density at radius 3 is 2.33 bits per heavy atom. The summed E-state index contributed by atoms with van der Waals surface area (Å²) in [6.07, 6.45) is 7.88. The van der Waals surface area contributed by atoms with E-state index in [2.05, 4.69) is 15.6 Å². The molecule has 2 aliphatic rings. The van der Waals surface area contributed by atoms with Crippen LogP contribution in [0.25, 0.3) is 0 Å². The molecule has 2 aromatic rings. The second kappa shape index (κ2) is 11.0. The Hall–Kier alpha value is -2.90. The maximum Gasteiger partial charge on any atom is 0.328 e. The van der Waals surface area contributed by atoms with Gasteiger partial charge in [-0.2, -0.15) is 0 Å². The third-order valence-corrected chi connectivity index (χ3v) is 7.53. The predicted octanol–water partition coefficient (Wildman–Crippen LogP) is 5.51. The van der Waals surface area contributed by atoms with Crippen LogP contribution in [-0.2, 0) is 20.7 Å². The summed E-state index contributed by atoms with van der Waals surface area (Å²) in [6.45, 7) is 3.86. The molecule has 0 unspecified atom stereocenters. The summed E-state index contributed by atoms with van der Waals surface area (Å²) in [4.78, 5) is 42.1. The van der Waals surface area contributed by atoms with Crippen LogP contribution < -0.4 is 10.6 Å². The first-order valence-electron chi connectivity index (χ1n) is 12.2. The molecule has 1 aromatic carbocycles. The Morgan fingerprint density at radius 1 is 1.08 bits per heavy atom. The zero-order valence-electron chi connectivity index (χ0n) is 20.3. The number of benzene rings is 1. The van der Waals surface area contributed by atoms with E-state index in [0.29, 0.717) is 17.7 Å². The van der Waals surface area contributed by atoms with E-state index >= 15 is 0 Å². The average molecular weight is 530 g/mol. The molecule has 0 radical (unpaired) electrons. The molecule has 7 nitrogen and oxygen atoms in total. The summed E-state index contributed by atoms with van der Waals surface area (Å²) in [5, 5.41) is 6.49. The van der Waals surface area contributed by atoms with Gasteiger partial charge in [0.2, 0.25) is 0 Å². The second-order valence-corrected chi connectivity index (χ2v) is 10.1. The fourth-order valence-corrected chi connectivity index (χ4v) is 5.69. The smallest absolute Gasteiger partial charge is 0.328 e. The molecule has 1 spiro atoms. The molecular formula is C27H29Cl2N3O4. The van der Waals surface area contributed by atoms with E-state index < -0.39 is 17.4 Å². The fraction of sp³-hybridized carbons (Fsp3) is 0.407. The molecule has 190 valence electrons. The van der Waals surface area contributed by atoms with E-state index in [1.165, 1.54) is 12.4 Å². The van der Waals surface area contributed by atoms with Gasteiger partial charge in [0, 0.05) is 35.8 Å². The number of amides is 1. The van der Waals surface area contributed by atoms with Crippen LogP contribution >= 0.6 is 23.2 Å². The summed E-state index contributed by atoms with van der Waals surface area (Å²) >= 11 is 12.2. The first-order valence-corrected chi connectivity index (χ1v) is 12.9. The van der Waals surface area contributed by atoms with Crippen LogP contribution in [0.3, 0.4) is 0 Å². The van der Waals surface area contributed by atoms with Gasteiger partial charge in [-0.1, -0.05) is 54.6 Å². The highest BCUT2D eigenvalue weighted by Crippen LogP contribution is 2.51. The lowest BCUT2D eigenvalue weighted by Crippen LogP contribution is -2.54. The maximum atomic E-state index is 12.8. The van der Waals surface area contributed by atoms with E-state index in [1.807, 2.05) is 19.1 Å². The maximum absolute atomic E-state index is 12.8. The summed E-state index contributed by atoms with van der Waals surface area (Å²) in [5.41, 5.74) is 2.70. The summed E-state index contributed by atoms with van der Waals surface area (Å²) < 4.78 is 5.34. The number of allylic oxidation sites excluding steroid dienone is 2. The first kappa shape index (κ1) is 26.2. The van der Waals surface area contributed by atoms with Crippen LogP contribution in [0, 0.1) is 5.41 Å². The lowest BCUT2D eigenvalue weighted by Gasteiger charge is -2.47. The number of hydrogen-bond donors (Lipinski definition) is 2. The third kappa shape index (κ3) is 5.13. The van der Waals surface area contributed by atoms with Gasteiger partial charge in [0.05, 0.1) is 27.6 Å². The molecule has 0 aliphatic heterocycles. The number of Topliss-reactive ketones (excluding diaryl/α,β-unsaturated/α-hetero) is 1. The third-order valence-electron chi connectivity index (χ3n) is 6.96. The lowest BCUT2D eigenvalue weighted by molar-refractivity contribution is -0.146. The van der Waals surface area contributed by atoms with Crippen LogP contribution in [0.2, 0.25) is 10.0 Å². The second-order valence-electron chi connectivity index (χ2n) is 9.25. The number of aromatic nitrogens is 1. The highest BCUT2D eigenvalue weighted by molar-refractivity contribution is 6.40. The number of carbonyl (C=O) groups excluding carboxylic acids is 3. The quantitative estimate of drug-likeness (QED) is 0.437. The zero-order chi connectivity index (χ0) is 25.9. The van der Waals surface area contributed by atoms with Crippen LogP contribution in [0.5, 0.6) is 0 Å². The number of halogens is 2. The van der Waals surface area contributed by atoms with Gasteiger partial charge in [0.15, 0.2) is 5.78 Å². The topological polar surface area (TPSA) is 97.4 Å². The Labute approximate surface area is 220 Å². The van der Waals surface area contributed by atoms with Crippen molar-refractivity contribution in [3.05, 3.63) is 69.1 Å². The highest BCUT2D eigenvalue weighted by Gasteiger charge is 2.52. The fourth-order valence-electron chi connectivity index (χ4n) is 5.15. The molecular weight excluding hydrogens is 501 g/mol. The number of carbonyl (C=O) groups is 3. The Kier molecular flexibility index (Phi) is 8.00. The number of pyridine rings is 1. The number of rotatable bonds is 8. The van der Waals surface area contributed by atoms with Crippen molar-refractivity contribution in [3.63, 3.8) is 0 Å².